The topological polar surface area (TPSA) is 23.0 Å². The molecule has 4 heteroatoms. The van der Waals surface area contributed by atoms with Gasteiger partial charge in [-0.15, -0.1) is 11.3 Å². The van der Waals surface area contributed by atoms with Crippen molar-refractivity contribution < 1.29 is 4.42 Å². The van der Waals surface area contributed by atoms with Crippen LogP contribution in [0.1, 0.15) is 0 Å². The maximum absolute atomic E-state index is 6.56. The summed E-state index contributed by atoms with van der Waals surface area (Å²) in [7, 11) is 0. The van der Waals surface area contributed by atoms with E-state index < -0.39 is 0 Å². The molecule has 13 aromatic rings. The maximum Gasteiger partial charge on any atom is 0.159 e. The lowest BCUT2D eigenvalue weighted by atomic mass is 9.96. The van der Waals surface area contributed by atoms with Gasteiger partial charge in [-0.2, -0.15) is 0 Å². The monoisotopic (exact) mass is 704 g/mol. The molecule has 0 amide bonds. The fourth-order valence-corrected chi connectivity index (χ4v) is 10.6. The van der Waals surface area contributed by atoms with Crippen LogP contribution in [-0.2, 0) is 0 Å². The second kappa shape index (κ2) is 10.4. The molecule has 0 atom stereocenters. The molecule has 0 bridgehead atoms. The molecular formula is C50H28N2OS. The van der Waals surface area contributed by atoms with Crippen LogP contribution in [0.15, 0.2) is 174 Å². The van der Waals surface area contributed by atoms with E-state index in [9.17, 15) is 0 Å². The van der Waals surface area contributed by atoms with Crippen molar-refractivity contribution in [3.63, 3.8) is 0 Å². The summed E-state index contributed by atoms with van der Waals surface area (Å²) in [5.41, 5.74) is 11.3. The minimum Gasteiger partial charge on any atom is -0.454 e. The van der Waals surface area contributed by atoms with Gasteiger partial charge in [0.15, 0.2) is 5.58 Å². The molecule has 4 aromatic heterocycles. The third-order valence-corrected chi connectivity index (χ3v) is 12.9. The predicted octanol–water partition coefficient (Wildman–Crippen LogP) is 14.4. The van der Waals surface area contributed by atoms with Crippen LogP contribution in [0.4, 0.5) is 0 Å². The molecule has 0 saturated heterocycles. The summed E-state index contributed by atoms with van der Waals surface area (Å²) in [5.74, 6) is 0. The molecule has 0 N–H and O–H groups in total. The largest absolute Gasteiger partial charge is 0.454 e. The number of nitrogens with zero attached hydrogens (tertiary/aromatic N) is 2. The first-order valence-electron chi connectivity index (χ1n) is 18.4. The molecule has 0 spiro atoms. The molecule has 13 rings (SSSR count). The number of thiophene rings is 1. The Labute approximate surface area is 312 Å². The first-order chi connectivity index (χ1) is 26.8. The Hall–Kier alpha value is -6.88. The first kappa shape index (κ1) is 28.7. The molecule has 54 heavy (non-hydrogen) atoms. The van der Waals surface area contributed by atoms with Crippen LogP contribution < -0.4 is 0 Å². The van der Waals surface area contributed by atoms with Crippen LogP contribution >= 0.6 is 11.3 Å². The van der Waals surface area contributed by atoms with Crippen molar-refractivity contribution in [2.75, 3.05) is 0 Å². The highest BCUT2D eigenvalue weighted by molar-refractivity contribution is 7.26. The second-order valence-corrected chi connectivity index (χ2v) is 15.5. The Bertz CT molecular complexity index is 3690. The lowest BCUT2D eigenvalue weighted by molar-refractivity contribution is 0.666. The van der Waals surface area contributed by atoms with Crippen molar-refractivity contribution in [1.29, 1.82) is 0 Å². The number of para-hydroxylation sites is 3. The summed E-state index contributed by atoms with van der Waals surface area (Å²) < 4.78 is 14.1. The van der Waals surface area contributed by atoms with E-state index in [0.717, 1.165) is 38.7 Å². The van der Waals surface area contributed by atoms with Gasteiger partial charge in [-0.1, -0.05) is 109 Å². The molecule has 0 aliphatic rings. The molecule has 0 fully saturated rings. The second-order valence-electron chi connectivity index (χ2n) is 14.5. The SMILES string of the molecule is c1ccc2c(c1)oc1c(-n3c4ccccc4c4cc(-c5cc6ccc7cccc8c7c6c(c5)n8-c5cccc6c5sc5ccccc56)ccc43)cccc12. The number of fused-ring (bicyclic) bond motifs is 9. The van der Waals surface area contributed by atoms with E-state index in [4.69, 9.17) is 4.42 Å². The Balaban J connectivity index is 1.08. The lowest BCUT2D eigenvalue weighted by Gasteiger charge is -2.11. The van der Waals surface area contributed by atoms with Crippen molar-refractivity contribution in [2.24, 2.45) is 0 Å². The van der Waals surface area contributed by atoms with Gasteiger partial charge < -0.3 is 13.6 Å². The zero-order valence-electron chi connectivity index (χ0n) is 28.9. The number of aromatic nitrogens is 2. The van der Waals surface area contributed by atoms with Gasteiger partial charge in [0, 0.05) is 47.8 Å². The van der Waals surface area contributed by atoms with Gasteiger partial charge in [-0.05, 0) is 82.6 Å². The third-order valence-electron chi connectivity index (χ3n) is 11.7. The zero-order chi connectivity index (χ0) is 35.1. The van der Waals surface area contributed by atoms with E-state index in [1.54, 1.807) is 0 Å². The van der Waals surface area contributed by atoms with E-state index >= 15 is 0 Å². The van der Waals surface area contributed by atoms with Crippen LogP contribution in [0.3, 0.4) is 0 Å². The Kier molecular flexibility index (Phi) is 5.51. The van der Waals surface area contributed by atoms with E-state index in [1.165, 1.54) is 80.3 Å². The summed E-state index contributed by atoms with van der Waals surface area (Å²) >= 11 is 1.89. The van der Waals surface area contributed by atoms with Crippen LogP contribution in [0.25, 0.3) is 119 Å². The number of furan rings is 1. The predicted molar refractivity (Wildman–Crippen MR) is 229 cm³/mol. The highest BCUT2D eigenvalue weighted by Gasteiger charge is 2.22. The fourth-order valence-electron chi connectivity index (χ4n) is 9.35. The first-order valence-corrected chi connectivity index (χ1v) is 19.2. The molecule has 250 valence electrons. The fraction of sp³-hybridized carbons (Fsp3) is 0. The van der Waals surface area contributed by atoms with Crippen LogP contribution in [0.2, 0.25) is 0 Å². The van der Waals surface area contributed by atoms with E-state index in [2.05, 4.69) is 173 Å². The molecule has 0 aliphatic heterocycles. The summed E-state index contributed by atoms with van der Waals surface area (Å²) in [5, 5.41) is 12.5. The van der Waals surface area contributed by atoms with E-state index in [-0.39, 0.29) is 0 Å². The zero-order valence-corrected chi connectivity index (χ0v) is 29.7. The van der Waals surface area contributed by atoms with Crippen molar-refractivity contribution in [3.8, 4) is 22.5 Å². The average molecular weight is 705 g/mol. The summed E-state index contributed by atoms with van der Waals surface area (Å²) in [6.07, 6.45) is 0. The minimum atomic E-state index is 0.905. The quantitative estimate of drug-likeness (QED) is 0.168. The smallest absolute Gasteiger partial charge is 0.159 e. The molecule has 4 heterocycles. The molecule has 3 nitrogen and oxygen atoms in total. The maximum atomic E-state index is 6.56. The molecular weight excluding hydrogens is 677 g/mol. The van der Waals surface area contributed by atoms with Gasteiger partial charge >= 0.3 is 0 Å². The summed E-state index contributed by atoms with van der Waals surface area (Å²) in [6.45, 7) is 0. The van der Waals surface area contributed by atoms with Gasteiger partial charge in [0.2, 0.25) is 0 Å². The van der Waals surface area contributed by atoms with Gasteiger partial charge in [0.25, 0.3) is 0 Å². The molecule has 0 unspecified atom stereocenters. The number of hydrogen-bond donors (Lipinski definition) is 0. The molecule has 0 radical (unpaired) electrons. The van der Waals surface area contributed by atoms with Gasteiger partial charge in [-0.25, -0.2) is 0 Å². The van der Waals surface area contributed by atoms with Crippen LogP contribution in [-0.4, -0.2) is 9.13 Å². The van der Waals surface area contributed by atoms with Crippen molar-refractivity contribution in [2.45, 2.75) is 0 Å². The Morgan fingerprint density at radius 1 is 0.389 bits per heavy atom. The Morgan fingerprint density at radius 2 is 1.07 bits per heavy atom. The summed E-state index contributed by atoms with van der Waals surface area (Å²) in [6, 6.07) is 62.2. The standard InChI is InChI=1S/C50H28N2OS/c1-4-16-39-33(11-1)38-27-30(24-25-40(38)51(39)42-18-8-14-36-34-12-2-5-20-45(34)53-49(36)42)32-26-31-23-22-29-10-7-17-41-47(29)48(31)44(28-32)52(41)43-19-9-15-37-35-13-3-6-21-46(35)54-50(37)43/h1-28H. The number of hydrogen-bond acceptors (Lipinski definition) is 2. The Morgan fingerprint density at radius 3 is 2.02 bits per heavy atom. The van der Waals surface area contributed by atoms with Crippen molar-refractivity contribution >= 4 is 108 Å². The third kappa shape index (κ3) is 3.70. The van der Waals surface area contributed by atoms with Gasteiger partial charge in [0.1, 0.15) is 5.58 Å². The molecule has 9 aromatic carbocycles. The van der Waals surface area contributed by atoms with E-state index in [0.29, 0.717) is 0 Å². The molecule has 0 saturated carbocycles. The van der Waals surface area contributed by atoms with Crippen molar-refractivity contribution in [3.05, 3.63) is 170 Å². The minimum absolute atomic E-state index is 0.905. The van der Waals surface area contributed by atoms with Gasteiger partial charge in [-0.3, -0.25) is 0 Å². The van der Waals surface area contributed by atoms with Crippen LogP contribution in [0.5, 0.6) is 0 Å². The van der Waals surface area contributed by atoms with Crippen LogP contribution in [0, 0.1) is 0 Å². The van der Waals surface area contributed by atoms with Crippen molar-refractivity contribution in [1.82, 2.24) is 9.13 Å². The number of benzene rings is 9. The number of rotatable bonds is 3. The van der Waals surface area contributed by atoms with E-state index in [1.807, 2.05) is 17.4 Å². The van der Waals surface area contributed by atoms with Gasteiger partial charge in [0.05, 0.1) is 38.1 Å². The molecule has 0 aliphatic carbocycles. The highest BCUT2D eigenvalue weighted by Crippen LogP contribution is 2.45. The highest BCUT2D eigenvalue weighted by atomic mass is 32.1. The summed E-state index contributed by atoms with van der Waals surface area (Å²) in [4.78, 5) is 0. The normalized spacial score (nSPS) is 12.4. The average Bonchev–Trinajstić information content (AvgIpc) is 3.98. The lowest BCUT2D eigenvalue weighted by Crippen LogP contribution is -1.95.